The number of rotatable bonds is 3. The molecule has 0 radical (unpaired) electrons. The molecule has 0 fully saturated rings. The second-order valence-corrected chi connectivity index (χ2v) is 3.27. The van der Waals surface area contributed by atoms with Crippen LogP contribution in [0.3, 0.4) is 0 Å². The minimum Gasteiger partial charge on any atom is -0.478 e. The highest BCUT2D eigenvalue weighted by Crippen LogP contribution is 2.25. The van der Waals surface area contributed by atoms with Gasteiger partial charge < -0.3 is 5.11 Å². The van der Waals surface area contributed by atoms with Gasteiger partial charge in [0.1, 0.15) is 11.6 Å². The van der Waals surface area contributed by atoms with Gasteiger partial charge in [0.05, 0.1) is 4.92 Å². The molecule has 1 N–H and O–H groups in total. The van der Waals surface area contributed by atoms with E-state index in [1.807, 2.05) is 0 Å². The molecule has 0 unspecified atom stereocenters. The minimum atomic E-state index is -1.13. The molecule has 86 valence electrons. The van der Waals surface area contributed by atoms with E-state index in [1.54, 1.807) is 6.07 Å². The lowest BCUT2D eigenvalue weighted by Gasteiger charge is -2.01. The summed E-state index contributed by atoms with van der Waals surface area (Å²) in [7, 11) is 0. The highest BCUT2D eigenvalue weighted by Gasteiger charge is 2.17. The third-order valence-electron chi connectivity index (χ3n) is 2.04. The Balaban J connectivity index is 3.33. The molecule has 0 saturated carbocycles. The maximum Gasteiger partial charge on any atom is 0.328 e. The third-order valence-corrected chi connectivity index (χ3v) is 2.04. The number of hydrogen-bond donors (Lipinski definition) is 1. The predicted molar refractivity (Wildman–Crippen MR) is 59.2 cm³/mol. The first kappa shape index (κ1) is 12.4. The number of carbonyl (C=O) groups is 1. The molecule has 0 saturated heterocycles. The van der Waals surface area contributed by atoms with Crippen molar-refractivity contribution in [2.75, 3.05) is 0 Å². The summed E-state index contributed by atoms with van der Waals surface area (Å²) in [6.07, 6.45) is 2.18. The standard InChI is InChI=1S/C11H8N2O4/c1-7-4-8(2-3-10(14)15)5-9(6-12)11(7)13(16)17/h2-5H,1H3,(H,14,15)/b3-2+. The SMILES string of the molecule is Cc1cc(/C=C/C(=O)O)cc(C#N)c1[N+](=O)[O-]. The zero-order chi connectivity index (χ0) is 13.0. The normalized spacial score (nSPS) is 10.1. The molecule has 1 rings (SSSR count). The number of carboxylic acid groups (broad SMARTS) is 1. The molecule has 0 amide bonds. The van der Waals surface area contributed by atoms with Gasteiger partial charge in [0.25, 0.3) is 5.69 Å². The number of benzene rings is 1. The fourth-order valence-corrected chi connectivity index (χ4v) is 1.40. The summed E-state index contributed by atoms with van der Waals surface area (Å²) in [6, 6.07) is 4.46. The number of aryl methyl sites for hydroxylation is 1. The van der Waals surface area contributed by atoms with E-state index in [0.29, 0.717) is 11.1 Å². The van der Waals surface area contributed by atoms with Gasteiger partial charge >= 0.3 is 5.97 Å². The second kappa shape index (κ2) is 4.90. The van der Waals surface area contributed by atoms with Crippen LogP contribution in [-0.4, -0.2) is 16.0 Å². The Morgan fingerprint density at radius 2 is 2.24 bits per heavy atom. The van der Waals surface area contributed by atoms with Gasteiger partial charge in [0.15, 0.2) is 0 Å². The lowest BCUT2D eigenvalue weighted by Crippen LogP contribution is -1.96. The Labute approximate surface area is 96.6 Å². The Bertz CT molecular complexity index is 555. The molecular formula is C11H8N2O4. The van der Waals surface area contributed by atoms with E-state index in [0.717, 1.165) is 6.08 Å². The number of nitrogens with zero attached hydrogens (tertiary/aromatic N) is 2. The van der Waals surface area contributed by atoms with Crippen LogP contribution in [0.25, 0.3) is 6.08 Å². The Morgan fingerprint density at radius 1 is 1.59 bits per heavy atom. The first-order chi connectivity index (χ1) is 7.95. The topological polar surface area (TPSA) is 104 Å². The molecule has 6 heteroatoms. The summed E-state index contributed by atoms with van der Waals surface area (Å²) in [5.41, 5.74) is 0.422. The van der Waals surface area contributed by atoms with Crippen molar-refractivity contribution in [3.63, 3.8) is 0 Å². The molecule has 0 bridgehead atoms. The van der Waals surface area contributed by atoms with Crippen LogP contribution in [0, 0.1) is 28.4 Å². The van der Waals surface area contributed by atoms with Crippen molar-refractivity contribution in [1.29, 1.82) is 5.26 Å². The average Bonchev–Trinajstić information content (AvgIpc) is 2.24. The van der Waals surface area contributed by atoms with E-state index >= 15 is 0 Å². The van der Waals surface area contributed by atoms with Crippen LogP contribution in [0.5, 0.6) is 0 Å². The Morgan fingerprint density at radius 3 is 2.71 bits per heavy atom. The van der Waals surface area contributed by atoms with Crippen molar-refractivity contribution in [3.05, 3.63) is 45.0 Å². The van der Waals surface area contributed by atoms with Crippen LogP contribution < -0.4 is 0 Å². The molecular weight excluding hydrogens is 224 g/mol. The monoisotopic (exact) mass is 232 g/mol. The molecule has 0 spiro atoms. The summed E-state index contributed by atoms with van der Waals surface area (Å²) in [6.45, 7) is 1.50. The number of nitro groups is 1. The fourth-order valence-electron chi connectivity index (χ4n) is 1.40. The van der Waals surface area contributed by atoms with Crippen LogP contribution in [0.2, 0.25) is 0 Å². The molecule has 0 heterocycles. The maximum atomic E-state index is 10.7. The van der Waals surface area contributed by atoms with Crippen molar-refractivity contribution in [1.82, 2.24) is 0 Å². The number of nitro benzene ring substituents is 1. The highest BCUT2D eigenvalue weighted by atomic mass is 16.6. The van der Waals surface area contributed by atoms with Crippen LogP contribution in [-0.2, 0) is 4.79 Å². The van der Waals surface area contributed by atoms with E-state index in [9.17, 15) is 14.9 Å². The number of nitriles is 1. The van der Waals surface area contributed by atoms with Gasteiger partial charge in [-0.3, -0.25) is 10.1 Å². The molecule has 6 nitrogen and oxygen atoms in total. The molecule has 1 aromatic rings. The predicted octanol–water partition coefficient (Wildman–Crippen LogP) is 1.87. The third kappa shape index (κ3) is 2.89. The maximum absolute atomic E-state index is 10.7. The van der Waals surface area contributed by atoms with Gasteiger partial charge in [0.2, 0.25) is 0 Å². The van der Waals surface area contributed by atoms with Crippen molar-refractivity contribution in [2.24, 2.45) is 0 Å². The highest BCUT2D eigenvalue weighted by molar-refractivity contribution is 5.85. The Hall–Kier alpha value is -2.68. The molecule has 1 aromatic carbocycles. The van der Waals surface area contributed by atoms with E-state index in [4.69, 9.17) is 10.4 Å². The van der Waals surface area contributed by atoms with E-state index in [2.05, 4.69) is 0 Å². The van der Waals surface area contributed by atoms with E-state index < -0.39 is 10.9 Å². The number of hydrogen-bond acceptors (Lipinski definition) is 4. The van der Waals surface area contributed by atoms with Crippen LogP contribution in [0.15, 0.2) is 18.2 Å². The molecule has 0 aliphatic heterocycles. The summed E-state index contributed by atoms with van der Waals surface area (Å²) in [4.78, 5) is 20.4. The van der Waals surface area contributed by atoms with Crippen molar-refractivity contribution < 1.29 is 14.8 Å². The van der Waals surface area contributed by atoms with E-state index in [-0.39, 0.29) is 11.3 Å². The molecule has 0 aromatic heterocycles. The Kier molecular flexibility index (Phi) is 3.57. The summed E-state index contributed by atoms with van der Waals surface area (Å²) in [5, 5.41) is 28.0. The van der Waals surface area contributed by atoms with Crippen LogP contribution >= 0.6 is 0 Å². The van der Waals surface area contributed by atoms with Gasteiger partial charge in [-0.15, -0.1) is 0 Å². The summed E-state index contributed by atoms with van der Waals surface area (Å²) >= 11 is 0. The summed E-state index contributed by atoms with van der Waals surface area (Å²) in [5.74, 6) is -1.13. The van der Waals surface area contributed by atoms with Crippen molar-refractivity contribution in [2.45, 2.75) is 6.92 Å². The lowest BCUT2D eigenvalue weighted by molar-refractivity contribution is -0.385. The first-order valence-electron chi connectivity index (χ1n) is 4.56. The second-order valence-electron chi connectivity index (χ2n) is 3.27. The van der Waals surface area contributed by atoms with Gasteiger partial charge in [-0.1, -0.05) is 0 Å². The van der Waals surface area contributed by atoms with Crippen molar-refractivity contribution in [3.8, 4) is 6.07 Å². The zero-order valence-corrected chi connectivity index (χ0v) is 8.88. The molecule has 0 aliphatic rings. The largest absolute Gasteiger partial charge is 0.478 e. The van der Waals surface area contributed by atoms with Gasteiger partial charge in [-0.05, 0) is 30.7 Å². The lowest BCUT2D eigenvalue weighted by atomic mass is 10.0. The van der Waals surface area contributed by atoms with E-state index in [1.165, 1.54) is 25.1 Å². The minimum absolute atomic E-state index is 0.0833. The molecule has 0 atom stereocenters. The number of aliphatic carboxylic acids is 1. The number of carboxylic acids is 1. The average molecular weight is 232 g/mol. The zero-order valence-electron chi connectivity index (χ0n) is 8.88. The molecule has 0 aliphatic carbocycles. The van der Waals surface area contributed by atoms with Gasteiger partial charge in [0, 0.05) is 11.6 Å². The molecule has 17 heavy (non-hydrogen) atoms. The first-order valence-corrected chi connectivity index (χ1v) is 4.56. The van der Waals surface area contributed by atoms with Crippen LogP contribution in [0.1, 0.15) is 16.7 Å². The summed E-state index contributed by atoms with van der Waals surface area (Å²) < 4.78 is 0. The smallest absolute Gasteiger partial charge is 0.328 e. The quantitative estimate of drug-likeness (QED) is 0.486. The fraction of sp³-hybridized carbons (Fsp3) is 0.0909. The van der Waals surface area contributed by atoms with Crippen molar-refractivity contribution >= 4 is 17.7 Å². The van der Waals surface area contributed by atoms with Gasteiger partial charge in [-0.2, -0.15) is 5.26 Å². The van der Waals surface area contributed by atoms with Gasteiger partial charge in [-0.25, -0.2) is 4.79 Å². The van der Waals surface area contributed by atoms with Crippen LogP contribution in [0.4, 0.5) is 5.69 Å².